The number of carbonyl (C=O) groups excluding carboxylic acids is 2. The van der Waals surface area contributed by atoms with Crippen LogP contribution in [0.3, 0.4) is 0 Å². The van der Waals surface area contributed by atoms with E-state index in [1.165, 1.54) is 0 Å². The monoisotopic (exact) mass is 466 g/mol. The van der Waals surface area contributed by atoms with Gasteiger partial charge in [0.25, 0.3) is 0 Å². The molecule has 2 aliphatic heterocycles. The Morgan fingerprint density at radius 2 is 1.07 bits per heavy atom. The van der Waals surface area contributed by atoms with Crippen molar-refractivity contribution in [2.45, 2.75) is 63.5 Å². The fraction of sp³-hybridized carbons (Fsp3) is 0.889. The van der Waals surface area contributed by atoms with Crippen LogP contribution in [0.25, 0.3) is 0 Å². The van der Waals surface area contributed by atoms with Gasteiger partial charge in [0, 0.05) is 13.1 Å². The van der Waals surface area contributed by atoms with E-state index >= 15 is 0 Å². The molecule has 0 unspecified atom stereocenters. The lowest BCUT2D eigenvalue weighted by atomic mass is 10.0. The van der Waals surface area contributed by atoms with E-state index in [1.54, 1.807) is 13.8 Å². The molecule has 30 heavy (non-hydrogen) atoms. The molecule has 12 heteroatoms. The number of unbranched alkanes of at least 4 members (excludes halogenated alkanes) is 3. The minimum Gasteiger partial charge on any atom is -0.338 e. The molecule has 174 valence electrons. The van der Waals surface area contributed by atoms with Crippen LogP contribution in [0.15, 0.2) is 0 Å². The predicted octanol–water partition coefficient (Wildman–Crippen LogP) is 0.300. The molecule has 0 aromatic heterocycles. The van der Waals surface area contributed by atoms with Crippen LogP contribution >= 0.6 is 0 Å². The molecule has 0 spiro atoms. The predicted molar refractivity (Wildman–Crippen MR) is 115 cm³/mol. The highest BCUT2D eigenvalue weighted by Crippen LogP contribution is 2.23. The van der Waals surface area contributed by atoms with E-state index in [9.17, 15) is 26.4 Å². The Labute approximate surface area is 179 Å². The Morgan fingerprint density at radius 1 is 0.700 bits per heavy atom. The molecule has 2 fully saturated rings. The van der Waals surface area contributed by atoms with Gasteiger partial charge in [0.05, 0.1) is 34.1 Å². The Bertz CT molecular complexity index is 775. The quantitative estimate of drug-likeness (QED) is 0.359. The third-order valence-electron chi connectivity index (χ3n) is 5.51. The van der Waals surface area contributed by atoms with Crippen molar-refractivity contribution in [2.24, 2.45) is 0 Å². The number of rotatable bonds is 9. The summed E-state index contributed by atoms with van der Waals surface area (Å²) in [6.45, 7) is 4.48. The molecule has 0 aliphatic carbocycles. The zero-order chi connectivity index (χ0) is 22.5. The van der Waals surface area contributed by atoms with Crippen molar-refractivity contribution >= 4 is 31.7 Å². The lowest BCUT2D eigenvalue weighted by molar-refractivity contribution is 0.228. The van der Waals surface area contributed by atoms with Crippen LogP contribution in [0.1, 0.15) is 52.4 Å². The minimum absolute atomic E-state index is 0.0248. The van der Waals surface area contributed by atoms with Gasteiger partial charge in [-0.15, -0.1) is 0 Å². The average molecular weight is 467 g/mol. The Kier molecular flexibility index (Phi) is 8.00. The van der Waals surface area contributed by atoms with Crippen LogP contribution in [0.2, 0.25) is 0 Å². The summed E-state index contributed by atoms with van der Waals surface area (Å²) in [4.78, 5) is 23.8. The highest BCUT2D eigenvalue weighted by molar-refractivity contribution is 7.92. The van der Waals surface area contributed by atoms with Crippen molar-refractivity contribution in [3.8, 4) is 0 Å². The van der Waals surface area contributed by atoms with Gasteiger partial charge in [-0.3, -0.25) is 0 Å². The summed E-state index contributed by atoms with van der Waals surface area (Å²) in [6, 6.07) is -0.703. The molecule has 0 radical (unpaired) electrons. The third kappa shape index (κ3) is 8.29. The third-order valence-corrected chi connectivity index (χ3v) is 9.32. The summed E-state index contributed by atoms with van der Waals surface area (Å²) in [5.74, 6) is 0.161. The van der Waals surface area contributed by atoms with Crippen molar-refractivity contribution < 1.29 is 26.4 Å². The van der Waals surface area contributed by atoms with Crippen LogP contribution in [0.4, 0.5) is 9.59 Å². The van der Waals surface area contributed by atoms with E-state index in [1.807, 2.05) is 0 Å². The van der Waals surface area contributed by atoms with Crippen molar-refractivity contribution in [1.29, 1.82) is 0 Å². The van der Waals surface area contributed by atoms with Crippen molar-refractivity contribution in [3.05, 3.63) is 0 Å². The summed E-state index contributed by atoms with van der Waals surface area (Å²) < 4.78 is 46.2. The summed E-state index contributed by atoms with van der Waals surface area (Å²) in [7, 11) is -6.13. The molecule has 4 amide bonds. The Morgan fingerprint density at radius 3 is 1.37 bits per heavy atom. The van der Waals surface area contributed by atoms with E-state index in [0.29, 0.717) is 25.9 Å². The van der Waals surface area contributed by atoms with Gasteiger partial charge in [-0.1, -0.05) is 12.8 Å². The average Bonchev–Trinajstić information content (AvgIpc) is 3.03. The number of carbonyl (C=O) groups is 2. The molecule has 0 aromatic carbocycles. The molecule has 2 aliphatic rings. The molecular formula is C18H34N4O6S2. The van der Waals surface area contributed by atoms with Gasteiger partial charge in [0.1, 0.15) is 0 Å². The Hall–Kier alpha value is -1.56. The second kappa shape index (κ2) is 9.71. The first-order valence-electron chi connectivity index (χ1n) is 10.4. The molecule has 2 heterocycles. The van der Waals surface area contributed by atoms with Gasteiger partial charge < -0.3 is 21.3 Å². The van der Waals surface area contributed by atoms with Gasteiger partial charge in [0.2, 0.25) is 0 Å². The number of nitrogens with one attached hydrogen (secondary N) is 4. The maximum Gasteiger partial charge on any atom is 0.315 e. The molecule has 2 rings (SSSR count). The normalized spacial score (nSPS) is 29.3. The van der Waals surface area contributed by atoms with Gasteiger partial charge in [0.15, 0.2) is 19.7 Å². The first-order chi connectivity index (χ1) is 13.8. The highest BCUT2D eigenvalue weighted by Gasteiger charge is 2.40. The fourth-order valence-electron chi connectivity index (χ4n) is 3.86. The summed E-state index contributed by atoms with van der Waals surface area (Å²) in [5.41, 5.74) is -1.40. The van der Waals surface area contributed by atoms with Gasteiger partial charge >= 0.3 is 12.1 Å². The largest absolute Gasteiger partial charge is 0.338 e. The van der Waals surface area contributed by atoms with Crippen LogP contribution in [-0.4, -0.2) is 76.1 Å². The smallest absolute Gasteiger partial charge is 0.315 e. The standard InChI is InChI=1S/C18H34N4O6S2/c1-17(7-11-29(25,26)13-17)21-15(23)19-9-5-3-4-6-10-20-16(24)22-18(2)8-12-30(27,28)14-18/h3-14H2,1-2H3,(H2,19,21,23)(H2,20,22,24)/t17-,18-/m1/s1. The zero-order valence-corrected chi connectivity index (χ0v) is 19.4. The molecular weight excluding hydrogens is 432 g/mol. The number of hydrogen-bond acceptors (Lipinski definition) is 6. The number of urea groups is 2. The number of amides is 4. The fourth-order valence-corrected chi connectivity index (χ4v) is 8.05. The van der Waals surface area contributed by atoms with Crippen LogP contribution < -0.4 is 21.3 Å². The van der Waals surface area contributed by atoms with Crippen LogP contribution in [0.5, 0.6) is 0 Å². The molecule has 2 atom stereocenters. The van der Waals surface area contributed by atoms with Gasteiger partial charge in [-0.25, -0.2) is 26.4 Å². The molecule has 2 saturated heterocycles. The summed E-state index contributed by atoms with van der Waals surface area (Å²) in [6.07, 6.45) is 4.18. The lowest BCUT2D eigenvalue weighted by Gasteiger charge is -2.24. The van der Waals surface area contributed by atoms with Crippen LogP contribution in [-0.2, 0) is 19.7 Å². The van der Waals surface area contributed by atoms with Crippen molar-refractivity contribution in [2.75, 3.05) is 36.1 Å². The number of hydrogen-bond donors (Lipinski definition) is 4. The molecule has 0 bridgehead atoms. The first-order valence-corrected chi connectivity index (χ1v) is 14.0. The second-order valence-electron chi connectivity index (χ2n) is 8.98. The first kappa shape index (κ1) is 24.7. The maximum atomic E-state index is 11.9. The van der Waals surface area contributed by atoms with Crippen molar-refractivity contribution in [1.82, 2.24) is 21.3 Å². The van der Waals surface area contributed by atoms with E-state index in [4.69, 9.17) is 0 Å². The molecule has 0 aromatic rings. The lowest BCUT2D eigenvalue weighted by Crippen LogP contribution is -2.51. The van der Waals surface area contributed by atoms with Crippen molar-refractivity contribution in [3.63, 3.8) is 0 Å². The van der Waals surface area contributed by atoms with Gasteiger partial charge in [-0.05, 0) is 39.5 Å². The zero-order valence-electron chi connectivity index (χ0n) is 17.8. The summed E-state index contributed by atoms with van der Waals surface area (Å²) >= 11 is 0. The minimum atomic E-state index is -3.06. The SMILES string of the molecule is C[C@@]1(NC(=O)NCCCCCCNC(=O)N[C@]2(C)CCS(=O)(=O)C2)CCS(=O)(=O)C1. The Balaban J connectivity index is 1.48. The molecule has 10 nitrogen and oxygen atoms in total. The van der Waals surface area contributed by atoms with Crippen LogP contribution in [0, 0.1) is 0 Å². The maximum absolute atomic E-state index is 11.9. The van der Waals surface area contributed by atoms with E-state index in [2.05, 4.69) is 21.3 Å². The summed E-state index contributed by atoms with van der Waals surface area (Å²) in [5, 5.41) is 11.0. The molecule has 0 saturated carbocycles. The van der Waals surface area contributed by atoms with E-state index < -0.39 is 30.8 Å². The number of sulfone groups is 2. The topological polar surface area (TPSA) is 151 Å². The van der Waals surface area contributed by atoms with Gasteiger partial charge in [-0.2, -0.15) is 0 Å². The molecule has 4 N–H and O–H groups in total. The van der Waals surface area contributed by atoms with E-state index in [-0.39, 0.29) is 35.1 Å². The van der Waals surface area contributed by atoms with E-state index in [0.717, 1.165) is 25.7 Å². The highest BCUT2D eigenvalue weighted by atomic mass is 32.2. The second-order valence-corrected chi connectivity index (χ2v) is 13.3.